The van der Waals surface area contributed by atoms with E-state index < -0.39 is 41.2 Å². The van der Waals surface area contributed by atoms with Crippen LogP contribution in [0.25, 0.3) is 10.9 Å². The number of hydrogen-bond acceptors (Lipinski definition) is 4. The molecule has 10 heteroatoms. The Balaban J connectivity index is 2.14. The zero-order valence-electron chi connectivity index (χ0n) is 17.9. The highest BCUT2D eigenvalue weighted by atomic mass is 35.5. The van der Waals surface area contributed by atoms with E-state index in [2.05, 4.69) is 5.32 Å². The highest BCUT2D eigenvalue weighted by molar-refractivity contribution is 6.42. The minimum absolute atomic E-state index is 0.0742. The number of fused-ring (bicyclic) bond motifs is 1. The molecular weight excluding hydrogens is 474 g/mol. The molecule has 0 saturated heterocycles. The number of hydrogen-bond donors (Lipinski definition) is 3. The Morgan fingerprint density at radius 2 is 1.79 bits per heavy atom. The third-order valence-electron chi connectivity index (χ3n) is 5.54. The summed E-state index contributed by atoms with van der Waals surface area (Å²) >= 11 is 12.0. The fourth-order valence-corrected chi connectivity index (χ4v) is 3.95. The van der Waals surface area contributed by atoms with Gasteiger partial charge in [-0.2, -0.15) is 0 Å². The van der Waals surface area contributed by atoms with Gasteiger partial charge in [0.25, 0.3) is 5.91 Å². The van der Waals surface area contributed by atoms with Crippen LogP contribution >= 0.6 is 23.2 Å². The molecule has 0 aliphatic heterocycles. The molecular formula is C23H21Cl2FN2O5. The number of rotatable bonds is 6. The maximum Gasteiger partial charge on any atom is 0.308 e. The summed E-state index contributed by atoms with van der Waals surface area (Å²) in [6.45, 7) is 4.40. The molecule has 3 N–H and O–H groups in total. The van der Waals surface area contributed by atoms with E-state index in [-0.39, 0.29) is 38.6 Å². The first-order valence-electron chi connectivity index (χ1n) is 9.98. The average molecular weight is 495 g/mol. The lowest BCUT2D eigenvalue weighted by atomic mass is 9.96. The van der Waals surface area contributed by atoms with Gasteiger partial charge in [-0.1, -0.05) is 30.1 Å². The van der Waals surface area contributed by atoms with Crippen LogP contribution in [0.5, 0.6) is 5.75 Å². The molecule has 2 aromatic carbocycles. The zero-order valence-corrected chi connectivity index (χ0v) is 19.5. The summed E-state index contributed by atoms with van der Waals surface area (Å²) in [5.41, 5.74) is 0.844. The van der Waals surface area contributed by atoms with Crippen molar-refractivity contribution in [2.75, 3.05) is 6.54 Å². The van der Waals surface area contributed by atoms with Gasteiger partial charge < -0.3 is 15.5 Å². The molecule has 1 heterocycles. The number of aromatic nitrogens is 1. The fourth-order valence-electron chi connectivity index (χ4n) is 3.65. The number of benzene rings is 2. The summed E-state index contributed by atoms with van der Waals surface area (Å²) < 4.78 is 16.3. The van der Waals surface area contributed by atoms with E-state index >= 15 is 4.39 Å². The Labute approximate surface area is 198 Å². The first-order chi connectivity index (χ1) is 15.5. The molecule has 1 aromatic heterocycles. The van der Waals surface area contributed by atoms with Gasteiger partial charge >= 0.3 is 5.97 Å². The van der Waals surface area contributed by atoms with E-state index in [0.717, 1.165) is 6.07 Å². The molecule has 33 heavy (non-hydrogen) atoms. The molecule has 0 aliphatic carbocycles. The Hall–Kier alpha value is -3.10. The van der Waals surface area contributed by atoms with Gasteiger partial charge in [0, 0.05) is 23.2 Å². The number of phenolic OH excluding ortho intramolecular Hbond substituents is 1. The third-order valence-corrected chi connectivity index (χ3v) is 6.27. The van der Waals surface area contributed by atoms with E-state index in [9.17, 15) is 19.5 Å². The largest absolute Gasteiger partial charge is 0.505 e. The monoisotopic (exact) mass is 494 g/mol. The number of carboxylic acid groups (broad SMARTS) is 1. The number of aliphatic carboxylic acids is 1. The lowest BCUT2D eigenvalue weighted by Crippen LogP contribution is -2.34. The summed E-state index contributed by atoms with van der Waals surface area (Å²) in [7, 11) is 0. The number of nitrogens with zero attached hydrogens (tertiary/aromatic N) is 1. The molecule has 0 aliphatic rings. The number of carbonyl (C=O) groups excluding carboxylic acids is 2. The van der Waals surface area contributed by atoms with Crippen molar-refractivity contribution < 1.29 is 29.0 Å². The van der Waals surface area contributed by atoms with Crippen LogP contribution in [0.4, 0.5) is 4.39 Å². The van der Waals surface area contributed by atoms with Crippen molar-refractivity contribution in [3.05, 3.63) is 63.0 Å². The first-order valence-corrected chi connectivity index (χ1v) is 10.7. The summed E-state index contributed by atoms with van der Waals surface area (Å²) in [4.78, 5) is 37.2. The number of phenols is 1. The minimum atomic E-state index is -1.07. The molecule has 0 spiro atoms. The second-order valence-electron chi connectivity index (χ2n) is 7.77. The minimum Gasteiger partial charge on any atom is -0.505 e. The molecule has 174 valence electrons. The van der Waals surface area contributed by atoms with Crippen molar-refractivity contribution in [3.8, 4) is 5.75 Å². The molecule has 0 bridgehead atoms. The Kier molecular flexibility index (Phi) is 7.00. The van der Waals surface area contributed by atoms with E-state index in [4.69, 9.17) is 28.3 Å². The fraction of sp³-hybridized carbons (Fsp3) is 0.261. The normalized spacial score (nSPS) is 13.0. The number of halogens is 3. The number of carboxylic acids is 1. The van der Waals surface area contributed by atoms with E-state index in [1.54, 1.807) is 6.92 Å². The molecule has 3 aromatic rings. The number of amides is 1. The van der Waals surface area contributed by atoms with E-state index in [1.165, 1.54) is 42.7 Å². The Morgan fingerprint density at radius 1 is 1.12 bits per heavy atom. The molecule has 1 unspecified atom stereocenters. The molecule has 1 amide bonds. The molecule has 0 radical (unpaired) electrons. The van der Waals surface area contributed by atoms with Gasteiger partial charge in [-0.25, -0.2) is 4.39 Å². The Bertz CT molecular complexity index is 1290. The molecule has 0 fully saturated rings. The lowest BCUT2D eigenvalue weighted by molar-refractivity contribution is -0.141. The smallest absolute Gasteiger partial charge is 0.308 e. The van der Waals surface area contributed by atoms with Crippen molar-refractivity contribution in [1.29, 1.82) is 0 Å². The predicted molar refractivity (Wildman–Crippen MR) is 123 cm³/mol. The first kappa shape index (κ1) is 24.5. The van der Waals surface area contributed by atoms with Crippen LogP contribution in [0, 0.1) is 18.7 Å². The standard InChI is InChI=1S/C23H21Cl2FN2O5/c1-10(23(32)33)9-27-21(30)11(2)18-12(3)28(16-6-7-17(29)20(26)19(16)18)22(31)13-4-5-14(24)15(25)8-13/h4-8,10-11,29H,9H2,1-3H3,(H,27,30)(H,32,33)/t10?,11-/m0/s1. The zero-order chi connectivity index (χ0) is 24.6. The molecule has 3 rings (SSSR count). The SMILES string of the molecule is Cc1c([C@H](C)C(=O)NCC(C)C(=O)O)c2c(F)c(O)ccc2n1C(=O)c1ccc(Cl)c(Cl)c1. The van der Waals surface area contributed by atoms with Crippen LogP contribution in [-0.2, 0) is 9.59 Å². The lowest BCUT2D eigenvalue weighted by Gasteiger charge is -2.15. The molecule has 0 saturated carbocycles. The summed E-state index contributed by atoms with van der Waals surface area (Å²) in [5.74, 6) is -5.51. The highest BCUT2D eigenvalue weighted by Gasteiger charge is 2.30. The van der Waals surface area contributed by atoms with Gasteiger partial charge in [0.1, 0.15) is 0 Å². The van der Waals surface area contributed by atoms with Crippen LogP contribution in [-0.4, -0.2) is 39.1 Å². The van der Waals surface area contributed by atoms with Crippen LogP contribution in [0.2, 0.25) is 10.0 Å². The van der Waals surface area contributed by atoms with Gasteiger partial charge in [-0.15, -0.1) is 0 Å². The number of carbonyl (C=O) groups is 3. The van der Waals surface area contributed by atoms with Crippen molar-refractivity contribution in [1.82, 2.24) is 9.88 Å². The maximum absolute atomic E-state index is 15.1. The van der Waals surface area contributed by atoms with Crippen molar-refractivity contribution in [2.45, 2.75) is 26.7 Å². The Morgan fingerprint density at radius 3 is 2.39 bits per heavy atom. The quantitative estimate of drug-likeness (QED) is 0.458. The topological polar surface area (TPSA) is 109 Å². The highest BCUT2D eigenvalue weighted by Crippen LogP contribution is 2.37. The average Bonchev–Trinajstić information content (AvgIpc) is 3.07. The molecule has 7 nitrogen and oxygen atoms in total. The van der Waals surface area contributed by atoms with E-state index in [1.807, 2.05) is 0 Å². The molecule has 2 atom stereocenters. The van der Waals surface area contributed by atoms with Crippen LogP contribution < -0.4 is 5.32 Å². The summed E-state index contributed by atoms with van der Waals surface area (Å²) in [6.07, 6.45) is 0. The number of nitrogens with one attached hydrogen (secondary N) is 1. The predicted octanol–water partition coefficient (Wildman–Crippen LogP) is 4.73. The van der Waals surface area contributed by atoms with Crippen LogP contribution in [0.15, 0.2) is 30.3 Å². The van der Waals surface area contributed by atoms with Gasteiger partial charge in [-0.05, 0) is 49.7 Å². The third kappa shape index (κ3) is 4.54. The van der Waals surface area contributed by atoms with Gasteiger partial charge in [-0.3, -0.25) is 19.0 Å². The van der Waals surface area contributed by atoms with Crippen LogP contribution in [0.3, 0.4) is 0 Å². The van der Waals surface area contributed by atoms with Crippen LogP contribution in [0.1, 0.15) is 41.4 Å². The van der Waals surface area contributed by atoms with Crippen molar-refractivity contribution in [2.24, 2.45) is 5.92 Å². The summed E-state index contributed by atoms with van der Waals surface area (Å²) in [5, 5.41) is 21.9. The van der Waals surface area contributed by atoms with Gasteiger partial charge in [0.2, 0.25) is 5.91 Å². The van der Waals surface area contributed by atoms with E-state index in [0.29, 0.717) is 5.69 Å². The summed E-state index contributed by atoms with van der Waals surface area (Å²) in [6, 6.07) is 6.83. The van der Waals surface area contributed by atoms with Crippen molar-refractivity contribution in [3.63, 3.8) is 0 Å². The second-order valence-corrected chi connectivity index (χ2v) is 8.58. The second kappa shape index (κ2) is 9.41. The van der Waals surface area contributed by atoms with Gasteiger partial charge in [0.05, 0.1) is 27.4 Å². The number of aromatic hydroxyl groups is 1. The maximum atomic E-state index is 15.1. The van der Waals surface area contributed by atoms with Crippen molar-refractivity contribution >= 4 is 51.9 Å². The van der Waals surface area contributed by atoms with Gasteiger partial charge in [0.15, 0.2) is 11.6 Å².